The minimum absolute atomic E-state index is 0.0262. The van der Waals surface area contributed by atoms with E-state index in [0.29, 0.717) is 29.1 Å². The van der Waals surface area contributed by atoms with Gasteiger partial charge in [-0.3, -0.25) is 9.69 Å². The van der Waals surface area contributed by atoms with Crippen molar-refractivity contribution in [2.45, 2.75) is 69.4 Å². The van der Waals surface area contributed by atoms with Crippen molar-refractivity contribution in [3.8, 4) is 5.75 Å². The number of nitrogens with zero attached hydrogens (tertiary/aromatic N) is 3. The third kappa shape index (κ3) is 5.72. The summed E-state index contributed by atoms with van der Waals surface area (Å²) in [7, 11) is -2.00. The Morgan fingerprint density at radius 1 is 1.00 bits per heavy atom. The summed E-state index contributed by atoms with van der Waals surface area (Å²) in [5.74, 6) is 1.41. The van der Waals surface area contributed by atoms with Gasteiger partial charge in [0.05, 0.1) is 12.0 Å². The fourth-order valence-electron chi connectivity index (χ4n) is 5.21. The highest BCUT2D eigenvalue weighted by atomic mass is 32.2. The first-order chi connectivity index (χ1) is 15.8. The van der Waals surface area contributed by atoms with Gasteiger partial charge < -0.3 is 9.64 Å². The largest absolute Gasteiger partial charge is 0.497 e. The van der Waals surface area contributed by atoms with Gasteiger partial charge in [0.2, 0.25) is 15.9 Å². The number of benzene rings is 1. The Labute approximate surface area is 199 Å². The van der Waals surface area contributed by atoms with Gasteiger partial charge in [-0.25, -0.2) is 8.42 Å². The fraction of sp³-hybridized carbons (Fsp3) is 0.720. The van der Waals surface area contributed by atoms with Crippen molar-refractivity contribution in [3.63, 3.8) is 0 Å². The van der Waals surface area contributed by atoms with Crippen LogP contribution in [0.4, 0.5) is 0 Å². The molecule has 1 amide bonds. The third-order valence-electron chi connectivity index (χ3n) is 7.61. The van der Waals surface area contributed by atoms with Crippen molar-refractivity contribution in [2.24, 2.45) is 11.8 Å². The van der Waals surface area contributed by atoms with E-state index in [2.05, 4.69) is 18.7 Å². The molecular formula is C25H39N3O4S. The van der Waals surface area contributed by atoms with E-state index in [0.717, 1.165) is 64.7 Å². The van der Waals surface area contributed by atoms with Crippen molar-refractivity contribution in [1.82, 2.24) is 14.1 Å². The van der Waals surface area contributed by atoms with E-state index in [4.69, 9.17) is 4.74 Å². The second-order valence-electron chi connectivity index (χ2n) is 10.2. The lowest BCUT2D eigenvalue weighted by Gasteiger charge is -2.40. The second-order valence-corrected chi connectivity index (χ2v) is 12.0. The van der Waals surface area contributed by atoms with Gasteiger partial charge in [0.15, 0.2) is 0 Å². The molecule has 0 atom stereocenters. The maximum absolute atomic E-state index is 13.5. The molecule has 7 nitrogen and oxygen atoms in total. The number of hydrogen-bond acceptors (Lipinski definition) is 5. The first kappa shape index (κ1) is 24.5. The molecule has 33 heavy (non-hydrogen) atoms. The van der Waals surface area contributed by atoms with Gasteiger partial charge in [-0.2, -0.15) is 4.31 Å². The molecule has 0 bridgehead atoms. The van der Waals surface area contributed by atoms with Gasteiger partial charge >= 0.3 is 0 Å². The van der Waals surface area contributed by atoms with Crippen molar-refractivity contribution < 1.29 is 17.9 Å². The molecule has 184 valence electrons. The lowest BCUT2D eigenvalue weighted by Crippen LogP contribution is -2.52. The second kappa shape index (κ2) is 10.3. The van der Waals surface area contributed by atoms with E-state index in [-0.39, 0.29) is 17.9 Å². The molecule has 4 rings (SSSR count). The number of methoxy groups -OCH3 is 1. The molecule has 0 spiro atoms. The summed E-state index contributed by atoms with van der Waals surface area (Å²) in [5, 5.41) is 0. The Morgan fingerprint density at radius 2 is 1.61 bits per heavy atom. The van der Waals surface area contributed by atoms with E-state index >= 15 is 0 Å². The summed E-state index contributed by atoms with van der Waals surface area (Å²) >= 11 is 0. The first-order valence-corrected chi connectivity index (χ1v) is 13.9. The van der Waals surface area contributed by atoms with Crippen LogP contribution in [-0.4, -0.2) is 80.3 Å². The number of amides is 1. The van der Waals surface area contributed by atoms with Gasteiger partial charge in [0.1, 0.15) is 5.75 Å². The zero-order chi connectivity index (χ0) is 23.6. The molecule has 0 radical (unpaired) electrons. The van der Waals surface area contributed by atoms with Gasteiger partial charge in [-0.1, -0.05) is 0 Å². The van der Waals surface area contributed by atoms with Crippen LogP contribution >= 0.6 is 0 Å². The molecule has 0 unspecified atom stereocenters. The molecular weight excluding hydrogens is 438 g/mol. The predicted octanol–water partition coefficient (Wildman–Crippen LogP) is 3.21. The molecule has 1 aromatic carbocycles. The zero-order valence-corrected chi connectivity index (χ0v) is 21.1. The van der Waals surface area contributed by atoms with E-state index in [1.807, 2.05) is 4.90 Å². The van der Waals surface area contributed by atoms with Crippen LogP contribution in [0.2, 0.25) is 0 Å². The Balaban J connectivity index is 1.39. The van der Waals surface area contributed by atoms with Gasteiger partial charge in [0.25, 0.3) is 0 Å². The van der Waals surface area contributed by atoms with Crippen LogP contribution in [0.1, 0.15) is 52.4 Å². The number of rotatable bonds is 8. The van der Waals surface area contributed by atoms with Gasteiger partial charge in [-0.05, 0) is 82.6 Å². The van der Waals surface area contributed by atoms with Crippen LogP contribution in [0.5, 0.6) is 5.75 Å². The van der Waals surface area contributed by atoms with Gasteiger partial charge in [0, 0.05) is 50.7 Å². The molecule has 3 fully saturated rings. The Hall–Kier alpha value is -1.64. The molecule has 1 heterocycles. The number of ether oxygens (including phenoxy) is 1. The summed E-state index contributed by atoms with van der Waals surface area (Å²) in [4.78, 5) is 17.9. The maximum Gasteiger partial charge on any atom is 0.243 e. The smallest absolute Gasteiger partial charge is 0.243 e. The van der Waals surface area contributed by atoms with Crippen molar-refractivity contribution in [1.29, 1.82) is 0 Å². The molecule has 1 saturated heterocycles. The average Bonchev–Trinajstić information content (AvgIpc) is 3.66. The zero-order valence-electron chi connectivity index (χ0n) is 20.3. The number of hydrogen-bond donors (Lipinski definition) is 0. The molecule has 0 N–H and O–H groups in total. The lowest BCUT2D eigenvalue weighted by atomic mass is 9.85. The molecule has 1 aromatic rings. The minimum Gasteiger partial charge on any atom is -0.497 e. The molecule has 2 aliphatic carbocycles. The Bertz CT molecular complexity index is 898. The highest BCUT2D eigenvalue weighted by Crippen LogP contribution is 2.37. The van der Waals surface area contributed by atoms with E-state index in [1.54, 1.807) is 35.7 Å². The Morgan fingerprint density at radius 3 is 2.12 bits per heavy atom. The van der Waals surface area contributed by atoms with Crippen LogP contribution in [0, 0.1) is 11.8 Å². The fourth-order valence-corrected chi connectivity index (χ4v) is 6.97. The van der Waals surface area contributed by atoms with Crippen LogP contribution in [0.3, 0.4) is 0 Å². The van der Waals surface area contributed by atoms with Crippen molar-refractivity contribution >= 4 is 15.9 Å². The lowest BCUT2D eigenvalue weighted by molar-refractivity contribution is -0.138. The number of sulfonamides is 1. The number of carbonyl (C=O) groups is 1. The van der Waals surface area contributed by atoms with Crippen molar-refractivity contribution in [3.05, 3.63) is 24.3 Å². The average molecular weight is 478 g/mol. The van der Waals surface area contributed by atoms with E-state index in [1.165, 1.54) is 0 Å². The van der Waals surface area contributed by atoms with Crippen molar-refractivity contribution in [2.75, 3.05) is 39.8 Å². The van der Waals surface area contributed by atoms with Gasteiger partial charge in [-0.15, -0.1) is 0 Å². The standard InChI is InChI=1S/C25H39N3O4S/c1-19(2)26-14-16-27(17-15-26)25(29)21-6-8-22(9-7-21)28(18-20-4-5-20)33(30,31)24-12-10-23(32-3)11-13-24/h10-13,19-22H,4-9,14-18H2,1-3H3. The summed E-state index contributed by atoms with van der Waals surface area (Å²) in [6.45, 7) is 8.47. The molecule has 2 saturated carbocycles. The van der Waals surface area contributed by atoms with E-state index < -0.39 is 10.0 Å². The van der Waals surface area contributed by atoms with Crippen LogP contribution in [0.15, 0.2) is 29.2 Å². The molecule has 8 heteroatoms. The summed E-state index contributed by atoms with van der Waals surface area (Å²) in [5.41, 5.74) is 0. The summed E-state index contributed by atoms with van der Waals surface area (Å²) < 4.78 is 34.0. The molecule has 3 aliphatic rings. The maximum atomic E-state index is 13.5. The highest BCUT2D eigenvalue weighted by Gasteiger charge is 2.39. The molecule has 0 aromatic heterocycles. The normalized spacial score (nSPS) is 24.9. The van der Waals surface area contributed by atoms with Crippen LogP contribution in [0.25, 0.3) is 0 Å². The summed E-state index contributed by atoms with van der Waals surface area (Å²) in [6, 6.07) is 7.18. The van der Waals surface area contributed by atoms with Crippen LogP contribution in [-0.2, 0) is 14.8 Å². The van der Waals surface area contributed by atoms with Crippen LogP contribution < -0.4 is 4.74 Å². The topological polar surface area (TPSA) is 70.2 Å². The first-order valence-electron chi connectivity index (χ1n) is 12.5. The Kier molecular flexibility index (Phi) is 7.66. The quantitative estimate of drug-likeness (QED) is 0.575. The monoisotopic (exact) mass is 477 g/mol. The summed E-state index contributed by atoms with van der Waals surface area (Å²) in [6.07, 6.45) is 5.25. The number of piperazine rings is 1. The predicted molar refractivity (Wildman–Crippen MR) is 129 cm³/mol. The SMILES string of the molecule is COc1ccc(S(=O)(=O)N(CC2CC2)C2CCC(C(=O)N3CCN(C(C)C)CC3)CC2)cc1. The minimum atomic E-state index is -3.58. The number of carbonyl (C=O) groups excluding carboxylic acids is 1. The molecule has 1 aliphatic heterocycles. The van der Waals surface area contributed by atoms with E-state index in [9.17, 15) is 13.2 Å². The third-order valence-corrected chi connectivity index (χ3v) is 9.54. The highest BCUT2D eigenvalue weighted by molar-refractivity contribution is 7.89.